The van der Waals surface area contributed by atoms with Crippen LogP contribution in [0.15, 0.2) is 41.0 Å². The third-order valence-corrected chi connectivity index (χ3v) is 2.70. The monoisotopic (exact) mass is 328 g/mol. The second kappa shape index (κ2) is 5.32. The summed E-state index contributed by atoms with van der Waals surface area (Å²) in [4.78, 5) is 14.3. The Morgan fingerprint density at radius 2 is 2.11 bits per heavy atom. The number of nitrogens with zero attached hydrogens (tertiary/aromatic N) is 2. The summed E-state index contributed by atoms with van der Waals surface area (Å²) in [6.07, 6.45) is 0. The summed E-state index contributed by atoms with van der Waals surface area (Å²) in [5.74, 6) is 0.299. The van der Waals surface area contributed by atoms with Crippen LogP contribution in [0.5, 0.6) is 11.6 Å². The van der Waals surface area contributed by atoms with E-state index in [-0.39, 0.29) is 17.3 Å². The molecule has 0 fully saturated rings. The summed E-state index contributed by atoms with van der Waals surface area (Å²) in [5, 5.41) is 11.2. The van der Waals surface area contributed by atoms with Crippen molar-refractivity contribution < 1.29 is 9.66 Å². The number of aromatic nitrogens is 1. The van der Waals surface area contributed by atoms with Gasteiger partial charge in [0.1, 0.15) is 4.60 Å². The van der Waals surface area contributed by atoms with Crippen molar-refractivity contribution in [3.8, 4) is 11.6 Å². The fourth-order valence-corrected chi connectivity index (χ4v) is 1.77. The number of ether oxygens (including phenoxy) is 1. The van der Waals surface area contributed by atoms with E-state index in [1.54, 1.807) is 18.2 Å². The van der Waals surface area contributed by atoms with E-state index in [9.17, 15) is 10.1 Å². The molecule has 0 aliphatic rings. The average Bonchev–Trinajstić information content (AvgIpc) is 2.28. The van der Waals surface area contributed by atoms with Crippen molar-refractivity contribution in [1.82, 2.24) is 4.98 Å². The van der Waals surface area contributed by atoms with Gasteiger partial charge in [-0.25, -0.2) is 4.98 Å². The second-order valence-corrected chi connectivity index (χ2v) is 4.52. The van der Waals surface area contributed by atoms with Gasteiger partial charge in [0.25, 0.3) is 0 Å². The molecule has 0 unspecified atom stereocenters. The quantitative estimate of drug-likeness (QED) is 0.481. The Kier molecular flexibility index (Phi) is 3.78. The Balaban J connectivity index is 2.39. The van der Waals surface area contributed by atoms with Crippen LogP contribution in [-0.2, 0) is 0 Å². The van der Waals surface area contributed by atoms with Gasteiger partial charge in [0.05, 0.1) is 4.92 Å². The summed E-state index contributed by atoms with van der Waals surface area (Å²) >= 11 is 8.97. The SMILES string of the molecule is O=[N+]([O-])c1ccc(Cl)cc1Oc1cccc(Br)n1. The van der Waals surface area contributed by atoms with Gasteiger partial charge in [-0.3, -0.25) is 10.1 Å². The minimum Gasteiger partial charge on any atom is -0.432 e. The van der Waals surface area contributed by atoms with Crippen molar-refractivity contribution in [2.24, 2.45) is 0 Å². The van der Waals surface area contributed by atoms with E-state index < -0.39 is 4.92 Å². The molecule has 18 heavy (non-hydrogen) atoms. The lowest BCUT2D eigenvalue weighted by Gasteiger charge is -2.05. The third-order valence-electron chi connectivity index (χ3n) is 2.02. The molecule has 92 valence electrons. The van der Waals surface area contributed by atoms with E-state index in [0.29, 0.717) is 9.63 Å². The first-order valence-corrected chi connectivity index (χ1v) is 5.98. The number of benzene rings is 1. The van der Waals surface area contributed by atoms with Gasteiger partial charge in [0.15, 0.2) is 0 Å². The average molecular weight is 330 g/mol. The highest BCUT2D eigenvalue weighted by atomic mass is 79.9. The molecule has 0 saturated heterocycles. The number of nitro groups is 1. The van der Waals surface area contributed by atoms with E-state index in [4.69, 9.17) is 16.3 Å². The molecule has 1 heterocycles. The van der Waals surface area contributed by atoms with Crippen LogP contribution in [0.3, 0.4) is 0 Å². The van der Waals surface area contributed by atoms with Gasteiger partial charge in [0.2, 0.25) is 11.6 Å². The van der Waals surface area contributed by atoms with E-state index in [2.05, 4.69) is 20.9 Å². The summed E-state index contributed by atoms with van der Waals surface area (Å²) in [6.45, 7) is 0. The highest BCUT2D eigenvalue weighted by Gasteiger charge is 2.16. The molecule has 0 N–H and O–H groups in total. The lowest BCUT2D eigenvalue weighted by atomic mass is 10.3. The molecule has 7 heteroatoms. The molecule has 1 aromatic carbocycles. The first kappa shape index (κ1) is 12.8. The van der Waals surface area contributed by atoms with Gasteiger partial charge in [-0.15, -0.1) is 0 Å². The lowest BCUT2D eigenvalue weighted by Crippen LogP contribution is -1.94. The van der Waals surface area contributed by atoms with Crippen molar-refractivity contribution in [3.63, 3.8) is 0 Å². The molecule has 0 aliphatic carbocycles. The molecule has 0 radical (unpaired) electrons. The standard InChI is InChI=1S/C11H6BrClN2O3/c12-10-2-1-3-11(14-10)18-9-6-7(13)4-5-8(9)15(16)17/h1-6H. The van der Waals surface area contributed by atoms with Crippen molar-refractivity contribution >= 4 is 33.2 Å². The molecule has 5 nitrogen and oxygen atoms in total. The maximum absolute atomic E-state index is 10.8. The van der Waals surface area contributed by atoms with Gasteiger partial charge in [-0.1, -0.05) is 17.7 Å². The molecule has 0 amide bonds. The number of hydrogen-bond donors (Lipinski definition) is 0. The summed E-state index contributed by atoms with van der Waals surface area (Å²) < 4.78 is 5.94. The smallest absolute Gasteiger partial charge is 0.311 e. The topological polar surface area (TPSA) is 65.3 Å². The number of pyridine rings is 1. The highest BCUT2D eigenvalue weighted by Crippen LogP contribution is 2.33. The number of rotatable bonds is 3. The zero-order chi connectivity index (χ0) is 13.1. The summed E-state index contributed by atoms with van der Waals surface area (Å²) in [5.41, 5.74) is -0.166. The minimum absolute atomic E-state index is 0.0538. The lowest BCUT2D eigenvalue weighted by molar-refractivity contribution is -0.385. The van der Waals surface area contributed by atoms with Crippen molar-refractivity contribution in [2.45, 2.75) is 0 Å². The van der Waals surface area contributed by atoms with Crippen LogP contribution in [0.1, 0.15) is 0 Å². The Bertz CT molecular complexity index is 607. The van der Waals surface area contributed by atoms with Crippen LogP contribution < -0.4 is 4.74 Å². The van der Waals surface area contributed by atoms with Gasteiger partial charge >= 0.3 is 5.69 Å². The first-order chi connectivity index (χ1) is 8.56. The van der Waals surface area contributed by atoms with Crippen LogP contribution in [-0.4, -0.2) is 9.91 Å². The molecule has 0 aliphatic heterocycles. The van der Waals surface area contributed by atoms with Gasteiger partial charge in [0, 0.05) is 23.2 Å². The van der Waals surface area contributed by atoms with E-state index >= 15 is 0 Å². The van der Waals surface area contributed by atoms with Gasteiger partial charge < -0.3 is 4.74 Å². The summed E-state index contributed by atoms with van der Waals surface area (Å²) in [7, 11) is 0. The van der Waals surface area contributed by atoms with Crippen molar-refractivity contribution in [1.29, 1.82) is 0 Å². The molecule has 2 aromatic rings. The van der Waals surface area contributed by atoms with Gasteiger partial charge in [-0.05, 0) is 28.1 Å². The maximum Gasteiger partial charge on any atom is 0.311 e. The number of halogens is 2. The Morgan fingerprint density at radius 1 is 1.33 bits per heavy atom. The predicted molar refractivity (Wildman–Crippen MR) is 70.1 cm³/mol. The van der Waals surface area contributed by atoms with Crippen LogP contribution in [0.2, 0.25) is 5.02 Å². The van der Waals surface area contributed by atoms with E-state index in [1.807, 2.05) is 0 Å². The Hall–Kier alpha value is -1.66. The van der Waals surface area contributed by atoms with Crippen LogP contribution in [0.4, 0.5) is 5.69 Å². The molecular formula is C11H6BrClN2O3. The van der Waals surface area contributed by atoms with Crippen LogP contribution in [0, 0.1) is 10.1 Å². The molecule has 0 bridgehead atoms. The Labute approximate surface area is 116 Å². The van der Waals surface area contributed by atoms with Crippen LogP contribution in [0.25, 0.3) is 0 Å². The summed E-state index contributed by atoms with van der Waals surface area (Å²) in [6, 6.07) is 9.12. The first-order valence-electron chi connectivity index (χ1n) is 4.80. The highest BCUT2D eigenvalue weighted by molar-refractivity contribution is 9.10. The minimum atomic E-state index is -0.538. The maximum atomic E-state index is 10.8. The normalized spacial score (nSPS) is 10.1. The van der Waals surface area contributed by atoms with Crippen molar-refractivity contribution in [3.05, 3.63) is 56.1 Å². The zero-order valence-corrected chi connectivity index (χ0v) is 11.2. The fourth-order valence-electron chi connectivity index (χ4n) is 1.28. The Morgan fingerprint density at radius 3 is 2.78 bits per heavy atom. The molecule has 0 atom stereocenters. The van der Waals surface area contributed by atoms with E-state index in [1.165, 1.54) is 18.2 Å². The van der Waals surface area contributed by atoms with E-state index in [0.717, 1.165) is 0 Å². The van der Waals surface area contributed by atoms with Gasteiger partial charge in [-0.2, -0.15) is 0 Å². The molecule has 0 spiro atoms. The molecule has 0 saturated carbocycles. The molecule has 1 aromatic heterocycles. The zero-order valence-electron chi connectivity index (χ0n) is 8.84. The largest absolute Gasteiger partial charge is 0.432 e. The second-order valence-electron chi connectivity index (χ2n) is 3.27. The van der Waals surface area contributed by atoms with Crippen molar-refractivity contribution in [2.75, 3.05) is 0 Å². The molecular weight excluding hydrogens is 323 g/mol. The van der Waals surface area contributed by atoms with Crippen LogP contribution >= 0.6 is 27.5 Å². The predicted octanol–water partition coefficient (Wildman–Crippen LogP) is 4.20. The number of nitro benzene ring substituents is 1. The molecule has 2 rings (SSSR count). The third kappa shape index (κ3) is 2.96. The number of hydrogen-bond acceptors (Lipinski definition) is 4. The fraction of sp³-hybridized carbons (Fsp3) is 0.